The van der Waals surface area contributed by atoms with Crippen LogP contribution in [0.3, 0.4) is 0 Å². The summed E-state index contributed by atoms with van der Waals surface area (Å²) in [7, 11) is -6.87. The summed E-state index contributed by atoms with van der Waals surface area (Å²) in [6.45, 7) is 1.89. The highest BCUT2D eigenvalue weighted by atomic mass is 32.3. The van der Waals surface area contributed by atoms with Crippen LogP contribution in [0.2, 0.25) is 0 Å². The van der Waals surface area contributed by atoms with E-state index in [4.69, 9.17) is 3.63 Å². The quantitative estimate of drug-likeness (QED) is 0.325. The molecule has 0 aliphatic rings. The first-order chi connectivity index (χ1) is 14.9. The van der Waals surface area contributed by atoms with Crippen molar-refractivity contribution < 1.29 is 16.4 Å². The zero-order chi connectivity index (χ0) is 21.9. The molecule has 6 heteroatoms. The summed E-state index contributed by atoms with van der Waals surface area (Å²) in [5.41, 5.74) is 0.946. The van der Waals surface area contributed by atoms with Gasteiger partial charge in [0.15, 0.2) is 0 Å². The standard InChI is InChI=1S/C25H21FO3S2/c1-20-12-16-25(17-13-20)31(27,28)29-30(22-8-4-2-5-9-22,23-10-6-3-7-11-23)24-18-14-21(26)15-19-24/h2-19H,1H3. The fourth-order valence-corrected chi connectivity index (χ4v) is 8.47. The third-order valence-corrected chi connectivity index (χ3v) is 9.99. The molecule has 0 unspecified atom stereocenters. The summed E-state index contributed by atoms with van der Waals surface area (Å²) in [5, 5.41) is 0. The number of rotatable bonds is 6. The molecule has 0 bridgehead atoms. The minimum atomic E-state index is -4.15. The van der Waals surface area contributed by atoms with Crippen LogP contribution in [0, 0.1) is 12.7 Å². The molecule has 4 rings (SSSR count). The van der Waals surface area contributed by atoms with Gasteiger partial charge in [-0.15, -0.1) is 0 Å². The maximum absolute atomic E-state index is 13.8. The molecule has 0 saturated carbocycles. The van der Waals surface area contributed by atoms with Crippen molar-refractivity contribution in [3.63, 3.8) is 0 Å². The topological polar surface area (TPSA) is 43.4 Å². The van der Waals surface area contributed by atoms with E-state index < -0.39 is 26.2 Å². The van der Waals surface area contributed by atoms with Gasteiger partial charge in [-0.05, 0) is 77.9 Å². The number of hydrogen-bond donors (Lipinski definition) is 0. The van der Waals surface area contributed by atoms with Gasteiger partial charge in [-0.2, -0.15) is 8.42 Å². The van der Waals surface area contributed by atoms with Crippen LogP contribution in [0.1, 0.15) is 5.56 Å². The van der Waals surface area contributed by atoms with Crippen LogP contribution in [0.25, 0.3) is 0 Å². The predicted molar refractivity (Wildman–Crippen MR) is 121 cm³/mol. The maximum Gasteiger partial charge on any atom is 0.307 e. The van der Waals surface area contributed by atoms with E-state index in [2.05, 4.69) is 0 Å². The molecule has 0 N–H and O–H groups in total. The van der Waals surface area contributed by atoms with E-state index in [9.17, 15) is 12.8 Å². The molecule has 31 heavy (non-hydrogen) atoms. The number of aryl methyl sites for hydroxylation is 1. The number of hydrogen-bond acceptors (Lipinski definition) is 3. The molecule has 0 aliphatic heterocycles. The van der Waals surface area contributed by atoms with E-state index in [0.717, 1.165) is 5.56 Å². The molecule has 0 radical (unpaired) electrons. The van der Waals surface area contributed by atoms with Crippen molar-refractivity contribution in [2.24, 2.45) is 0 Å². The van der Waals surface area contributed by atoms with Crippen LogP contribution < -0.4 is 0 Å². The largest absolute Gasteiger partial charge is 0.307 e. The molecule has 0 aromatic heterocycles. The number of halogens is 1. The van der Waals surface area contributed by atoms with Gasteiger partial charge in [0.1, 0.15) is 5.82 Å². The zero-order valence-corrected chi connectivity index (χ0v) is 18.4. The summed E-state index contributed by atoms with van der Waals surface area (Å²) >= 11 is 0. The van der Waals surface area contributed by atoms with Crippen LogP contribution in [0.15, 0.2) is 129 Å². The fraction of sp³-hybridized carbons (Fsp3) is 0.0400. The molecule has 0 saturated heterocycles. The Morgan fingerprint density at radius 1 is 0.581 bits per heavy atom. The van der Waals surface area contributed by atoms with Gasteiger partial charge in [-0.3, -0.25) is 0 Å². The molecule has 0 atom stereocenters. The average Bonchev–Trinajstić information content (AvgIpc) is 2.79. The zero-order valence-electron chi connectivity index (χ0n) is 16.8. The summed E-state index contributed by atoms with van der Waals surface area (Å²) in [6, 6.07) is 30.8. The van der Waals surface area contributed by atoms with E-state index >= 15 is 0 Å². The van der Waals surface area contributed by atoms with Gasteiger partial charge in [0.2, 0.25) is 0 Å². The second-order valence-corrected chi connectivity index (χ2v) is 11.4. The van der Waals surface area contributed by atoms with E-state index in [1.54, 1.807) is 24.3 Å². The van der Waals surface area contributed by atoms with E-state index in [-0.39, 0.29) is 4.90 Å². The Kier molecular flexibility index (Phi) is 5.96. The average molecular weight is 453 g/mol. The Balaban J connectivity index is 2.00. The molecule has 4 aromatic rings. The SMILES string of the molecule is Cc1ccc(S(=O)(=O)OS(c2ccccc2)(c2ccccc2)c2ccc(F)cc2)cc1. The minimum absolute atomic E-state index is 0.0731. The molecular weight excluding hydrogens is 431 g/mol. The second kappa shape index (κ2) is 8.67. The number of benzene rings is 4. The Morgan fingerprint density at radius 3 is 1.48 bits per heavy atom. The summed E-state index contributed by atoms with van der Waals surface area (Å²) in [4.78, 5) is 2.05. The molecular formula is C25H21FO3S2. The van der Waals surface area contributed by atoms with Gasteiger partial charge in [-0.1, -0.05) is 54.1 Å². The molecule has 4 aromatic carbocycles. The Bertz CT molecular complexity index is 1220. The highest BCUT2D eigenvalue weighted by Crippen LogP contribution is 2.70. The lowest BCUT2D eigenvalue weighted by Gasteiger charge is -2.39. The van der Waals surface area contributed by atoms with Crippen molar-refractivity contribution in [1.29, 1.82) is 0 Å². The van der Waals surface area contributed by atoms with Crippen LogP contribution >= 0.6 is 10.3 Å². The van der Waals surface area contributed by atoms with Crippen LogP contribution in [0.5, 0.6) is 0 Å². The first kappa shape index (κ1) is 21.3. The van der Waals surface area contributed by atoms with Crippen molar-refractivity contribution >= 4 is 20.4 Å². The van der Waals surface area contributed by atoms with Gasteiger partial charge in [0.25, 0.3) is 0 Å². The van der Waals surface area contributed by atoms with Crippen LogP contribution in [0.4, 0.5) is 4.39 Å². The van der Waals surface area contributed by atoms with Crippen molar-refractivity contribution in [2.75, 3.05) is 0 Å². The van der Waals surface area contributed by atoms with Crippen molar-refractivity contribution in [3.8, 4) is 0 Å². The first-order valence-corrected chi connectivity index (χ1v) is 12.6. The molecule has 3 nitrogen and oxygen atoms in total. The summed E-state index contributed by atoms with van der Waals surface area (Å²) in [5.74, 6) is -0.403. The normalized spacial score (nSPS) is 12.5. The molecule has 0 amide bonds. The van der Waals surface area contributed by atoms with Gasteiger partial charge >= 0.3 is 10.1 Å². The monoisotopic (exact) mass is 452 g/mol. The molecule has 0 fully saturated rings. The van der Waals surface area contributed by atoms with Gasteiger partial charge in [-0.25, -0.2) is 8.02 Å². The summed E-state index contributed by atoms with van der Waals surface area (Å²) < 4.78 is 46.9. The second-order valence-electron chi connectivity index (χ2n) is 6.97. The Hall–Kier alpha value is -2.93. The fourth-order valence-electron chi connectivity index (χ4n) is 3.26. The van der Waals surface area contributed by atoms with Crippen molar-refractivity contribution in [2.45, 2.75) is 26.5 Å². The predicted octanol–water partition coefficient (Wildman–Crippen LogP) is 6.74. The minimum Gasteiger partial charge on any atom is -0.207 e. The molecule has 0 spiro atoms. The van der Waals surface area contributed by atoms with Gasteiger partial charge < -0.3 is 0 Å². The van der Waals surface area contributed by atoms with Crippen molar-refractivity contribution in [3.05, 3.63) is 121 Å². The van der Waals surface area contributed by atoms with Gasteiger partial charge in [0.05, 0.1) is 4.90 Å². The Labute approximate surface area is 183 Å². The lowest BCUT2D eigenvalue weighted by Crippen LogP contribution is -2.14. The third-order valence-electron chi connectivity index (χ3n) is 4.80. The lowest BCUT2D eigenvalue weighted by molar-refractivity contribution is 0.508. The maximum atomic E-state index is 13.8. The van der Waals surface area contributed by atoms with E-state index in [1.165, 1.54) is 24.3 Å². The lowest BCUT2D eigenvalue weighted by atomic mass is 10.2. The molecule has 158 valence electrons. The van der Waals surface area contributed by atoms with Crippen molar-refractivity contribution in [1.82, 2.24) is 0 Å². The molecule has 0 aliphatic carbocycles. The smallest absolute Gasteiger partial charge is 0.207 e. The molecule has 0 heterocycles. The first-order valence-electron chi connectivity index (χ1n) is 9.64. The highest BCUT2D eigenvalue weighted by molar-refractivity contribution is 8.33. The Morgan fingerprint density at radius 2 is 1.00 bits per heavy atom. The third kappa shape index (κ3) is 4.28. The van der Waals surface area contributed by atoms with E-state index in [1.807, 2.05) is 67.6 Å². The highest BCUT2D eigenvalue weighted by Gasteiger charge is 2.38. The van der Waals surface area contributed by atoms with Crippen LogP contribution in [-0.2, 0) is 13.7 Å². The van der Waals surface area contributed by atoms with Gasteiger partial charge in [0, 0.05) is 14.7 Å². The summed E-state index contributed by atoms with van der Waals surface area (Å²) in [6.07, 6.45) is 0. The van der Waals surface area contributed by atoms with Crippen LogP contribution in [-0.4, -0.2) is 8.42 Å². The van der Waals surface area contributed by atoms with E-state index in [0.29, 0.717) is 14.7 Å².